The summed E-state index contributed by atoms with van der Waals surface area (Å²) in [6.07, 6.45) is 2.61. The van der Waals surface area contributed by atoms with Crippen molar-refractivity contribution in [1.82, 2.24) is 0 Å². The Morgan fingerprint density at radius 2 is 0.906 bits per heavy atom. The molecule has 3 rings (SSSR count). The maximum atomic E-state index is 8.75. The third-order valence-corrected chi connectivity index (χ3v) is 4.29. The van der Waals surface area contributed by atoms with E-state index >= 15 is 0 Å². The molecule has 32 heavy (non-hydrogen) atoms. The van der Waals surface area contributed by atoms with E-state index in [9.17, 15) is 0 Å². The van der Waals surface area contributed by atoms with Crippen molar-refractivity contribution >= 4 is 12.4 Å². The summed E-state index contributed by atoms with van der Waals surface area (Å²) >= 11 is 0. The Hall–Kier alpha value is -3.50. The van der Waals surface area contributed by atoms with Gasteiger partial charge in [0.15, 0.2) is 23.0 Å². The standard InChI is InChI=1S/C22H26N2O8/c25-23-15-17-1-3-19-21(13-17)31-11-7-28-8-12-32-22-14-18(16-24-26)2-4-20(22)30-10-6-27-5-9-29-19/h1-4,13-16,25-26H,5-12H2/b23-15+,24-16+. The molecule has 0 atom stereocenters. The molecule has 1 aliphatic rings. The van der Waals surface area contributed by atoms with Crippen LogP contribution < -0.4 is 18.9 Å². The van der Waals surface area contributed by atoms with E-state index in [1.54, 1.807) is 36.4 Å². The van der Waals surface area contributed by atoms with Gasteiger partial charge in [-0.25, -0.2) is 0 Å². The maximum Gasteiger partial charge on any atom is 0.161 e. The molecular formula is C22H26N2O8. The number of fused-ring (bicyclic) bond motifs is 2. The van der Waals surface area contributed by atoms with Crippen LogP contribution in [0.25, 0.3) is 0 Å². The number of hydrogen-bond acceptors (Lipinski definition) is 10. The minimum absolute atomic E-state index is 0.295. The van der Waals surface area contributed by atoms with Crippen molar-refractivity contribution in [2.75, 3.05) is 52.9 Å². The van der Waals surface area contributed by atoms with E-state index in [4.69, 9.17) is 38.8 Å². The van der Waals surface area contributed by atoms with Crippen LogP contribution in [0, 0.1) is 0 Å². The Kier molecular flexibility index (Phi) is 9.43. The van der Waals surface area contributed by atoms with Gasteiger partial charge in [-0.05, 0) is 36.4 Å². The Morgan fingerprint density at radius 3 is 1.28 bits per heavy atom. The highest BCUT2D eigenvalue weighted by Crippen LogP contribution is 2.29. The minimum atomic E-state index is 0.295. The number of nitrogens with zero attached hydrogens (tertiary/aromatic N) is 2. The van der Waals surface area contributed by atoms with Gasteiger partial charge >= 0.3 is 0 Å². The number of oxime groups is 2. The summed E-state index contributed by atoms with van der Waals surface area (Å²) in [4.78, 5) is 0. The molecule has 0 aliphatic carbocycles. The highest BCUT2D eigenvalue weighted by atomic mass is 16.6. The molecule has 0 spiro atoms. The fourth-order valence-corrected chi connectivity index (χ4v) is 2.85. The molecule has 0 saturated heterocycles. The molecule has 0 fully saturated rings. The summed E-state index contributed by atoms with van der Waals surface area (Å²) in [6.45, 7) is 2.64. The molecule has 0 amide bonds. The smallest absolute Gasteiger partial charge is 0.161 e. The fraction of sp³-hybridized carbons (Fsp3) is 0.364. The second-order valence-electron chi connectivity index (χ2n) is 6.52. The Labute approximate surface area is 185 Å². The normalized spacial score (nSPS) is 16.5. The highest BCUT2D eigenvalue weighted by Gasteiger charge is 2.09. The lowest BCUT2D eigenvalue weighted by Gasteiger charge is -2.16. The van der Waals surface area contributed by atoms with E-state index in [0.29, 0.717) is 87.0 Å². The summed E-state index contributed by atoms with van der Waals surface area (Å²) < 4.78 is 34.3. The van der Waals surface area contributed by atoms with Crippen LogP contribution in [0.3, 0.4) is 0 Å². The molecule has 0 radical (unpaired) electrons. The quantitative estimate of drug-likeness (QED) is 0.410. The van der Waals surface area contributed by atoms with Crippen LogP contribution >= 0.6 is 0 Å². The lowest BCUT2D eigenvalue weighted by atomic mass is 10.2. The van der Waals surface area contributed by atoms with E-state index in [1.807, 2.05) is 0 Å². The topological polar surface area (TPSA) is 121 Å². The molecule has 2 N–H and O–H groups in total. The van der Waals surface area contributed by atoms with Crippen molar-refractivity contribution in [3.05, 3.63) is 47.5 Å². The van der Waals surface area contributed by atoms with Gasteiger partial charge in [-0.15, -0.1) is 0 Å². The van der Waals surface area contributed by atoms with E-state index in [2.05, 4.69) is 10.3 Å². The monoisotopic (exact) mass is 446 g/mol. The van der Waals surface area contributed by atoms with Crippen molar-refractivity contribution in [2.45, 2.75) is 0 Å². The van der Waals surface area contributed by atoms with Gasteiger partial charge in [0.2, 0.25) is 0 Å². The number of rotatable bonds is 2. The van der Waals surface area contributed by atoms with Gasteiger partial charge in [-0.2, -0.15) is 0 Å². The van der Waals surface area contributed by atoms with E-state index in [-0.39, 0.29) is 0 Å². The van der Waals surface area contributed by atoms with Crippen LogP contribution in [-0.4, -0.2) is 75.7 Å². The Balaban J connectivity index is 1.63. The van der Waals surface area contributed by atoms with Crippen molar-refractivity contribution in [1.29, 1.82) is 0 Å². The van der Waals surface area contributed by atoms with E-state index in [1.165, 1.54) is 12.4 Å². The van der Waals surface area contributed by atoms with Crippen molar-refractivity contribution in [3.8, 4) is 23.0 Å². The predicted octanol–water partition coefficient (Wildman–Crippen LogP) is 2.57. The molecular weight excluding hydrogens is 420 g/mol. The maximum absolute atomic E-state index is 8.75. The van der Waals surface area contributed by atoms with Gasteiger partial charge < -0.3 is 38.8 Å². The van der Waals surface area contributed by atoms with Crippen LogP contribution in [-0.2, 0) is 9.47 Å². The van der Waals surface area contributed by atoms with Gasteiger partial charge in [0.25, 0.3) is 0 Å². The van der Waals surface area contributed by atoms with E-state index < -0.39 is 0 Å². The number of benzene rings is 2. The number of ether oxygens (including phenoxy) is 6. The number of hydrogen-bond donors (Lipinski definition) is 2. The minimum Gasteiger partial charge on any atom is -0.487 e. The van der Waals surface area contributed by atoms with Crippen LogP contribution in [0.1, 0.15) is 11.1 Å². The largest absolute Gasteiger partial charge is 0.487 e. The van der Waals surface area contributed by atoms with Crippen molar-refractivity contribution in [3.63, 3.8) is 0 Å². The molecule has 0 unspecified atom stereocenters. The molecule has 1 heterocycles. The molecule has 0 saturated carbocycles. The van der Waals surface area contributed by atoms with Crippen LogP contribution in [0.4, 0.5) is 0 Å². The predicted molar refractivity (Wildman–Crippen MR) is 115 cm³/mol. The molecule has 2 aromatic rings. The third kappa shape index (κ3) is 7.33. The van der Waals surface area contributed by atoms with Crippen LogP contribution in [0.5, 0.6) is 23.0 Å². The first-order valence-corrected chi connectivity index (χ1v) is 10.1. The summed E-state index contributed by atoms with van der Waals surface area (Å²) in [6, 6.07) is 10.4. The Morgan fingerprint density at radius 1 is 0.531 bits per heavy atom. The third-order valence-electron chi connectivity index (χ3n) is 4.29. The summed E-state index contributed by atoms with van der Waals surface area (Å²) in [5.74, 6) is 2.14. The van der Waals surface area contributed by atoms with E-state index in [0.717, 1.165) is 0 Å². The zero-order valence-electron chi connectivity index (χ0n) is 17.5. The molecule has 0 bridgehead atoms. The molecule has 0 aromatic heterocycles. The van der Waals surface area contributed by atoms with Crippen LogP contribution in [0.2, 0.25) is 0 Å². The van der Waals surface area contributed by atoms with Gasteiger partial charge in [0.1, 0.15) is 26.4 Å². The molecule has 10 heteroatoms. The average Bonchev–Trinajstić information content (AvgIpc) is 2.80. The first kappa shape index (κ1) is 23.2. The van der Waals surface area contributed by atoms with Crippen molar-refractivity contribution in [2.24, 2.45) is 10.3 Å². The molecule has 172 valence electrons. The summed E-state index contributed by atoms with van der Waals surface area (Å²) in [7, 11) is 0. The first-order chi connectivity index (χ1) is 15.8. The lowest BCUT2D eigenvalue weighted by molar-refractivity contribution is 0.0640. The summed E-state index contributed by atoms with van der Waals surface area (Å²) in [5.41, 5.74) is 1.34. The van der Waals surface area contributed by atoms with Gasteiger partial charge in [-0.1, -0.05) is 10.3 Å². The fourth-order valence-electron chi connectivity index (χ4n) is 2.85. The van der Waals surface area contributed by atoms with Crippen molar-refractivity contribution < 1.29 is 38.8 Å². The molecule has 1 aliphatic heterocycles. The zero-order chi connectivity index (χ0) is 22.4. The van der Waals surface area contributed by atoms with Gasteiger partial charge in [0, 0.05) is 11.1 Å². The first-order valence-electron chi connectivity index (χ1n) is 10.1. The van der Waals surface area contributed by atoms with Gasteiger partial charge in [-0.3, -0.25) is 0 Å². The molecule has 10 nitrogen and oxygen atoms in total. The van der Waals surface area contributed by atoms with Crippen LogP contribution in [0.15, 0.2) is 46.7 Å². The summed E-state index contributed by atoms with van der Waals surface area (Å²) in [5, 5.41) is 23.6. The molecule has 2 aromatic carbocycles. The average molecular weight is 446 g/mol. The zero-order valence-corrected chi connectivity index (χ0v) is 17.5. The Bertz CT molecular complexity index is 832. The SMILES string of the molecule is O/N=C/c1ccc2c(c1)OCCOCCOc1cc(/C=N/O)ccc1OCCOCCO2. The second kappa shape index (κ2) is 13.0. The lowest BCUT2D eigenvalue weighted by Crippen LogP contribution is -2.15. The highest BCUT2D eigenvalue weighted by molar-refractivity contribution is 5.80. The second-order valence-corrected chi connectivity index (χ2v) is 6.52. The van der Waals surface area contributed by atoms with Gasteiger partial charge in [0.05, 0.1) is 38.9 Å².